The summed E-state index contributed by atoms with van der Waals surface area (Å²) in [6.45, 7) is 9.39. The van der Waals surface area contributed by atoms with Gasteiger partial charge in [0.15, 0.2) is 11.6 Å². The quantitative estimate of drug-likeness (QED) is 0.180. The van der Waals surface area contributed by atoms with Crippen LogP contribution in [0.4, 0.5) is 0 Å². The maximum atomic E-state index is 5.50. The Balaban J connectivity index is 1.17. The zero-order valence-corrected chi connectivity index (χ0v) is 33.5. The molecule has 0 amide bonds. The lowest BCUT2D eigenvalue weighted by atomic mass is 9.80. The molecule has 0 bridgehead atoms. The van der Waals surface area contributed by atoms with E-state index >= 15 is 0 Å². The summed E-state index contributed by atoms with van der Waals surface area (Å²) < 4.78 is 2.34. The first-order valence-electron chi connectivity index (χ1n) is 20.5. The van der Waals surface area contributed by atoms with Crippen LogP contribution in [0.5, 0.6) is 0 Å². The van der Waals surface area contributed by atoms with Gasteiger partial charge in [0, 0.05) is 32.7 Å². The molecule has 4 nitrogen and oxygen atoms in total. The summed E-state index contributed by atoms with van der Waals surface area (Å²) in [6, 6.07) is 61.3. The lowest BCUT2D eigenvalue weighted by Crippen LogP contribution is -2.17. The molecule has 10 aromatic rings. The fourth-order valence-electron chi connectivity index (χ4n) is 10.4. The van der Waals surface area contributed by atoms with Crippen molar-refractivity contribution >= 4 is 32.6 Å². The maximum Gasteiger partial charge on any atom is 0.238 e. The van der Waals surface area contributed by atoms with Crippen molar-refractivity contribution in [3.63, 3.8) is 0 Å². The standard InChI is InChI=1S/C55H40N4/c1-54(2)43-23-13-10-18-37(43)38-31-30-36(32-45(38)54)52-56-51(35-28-26-34(27-29-35)33-16-6-5-7-17-33)57-53(58-52)59-46-25-15-12-22-42(46)48-40-20-9-8-19-39(40)47-41-21-11-14-24-44(41)55(3,4)49(47)50(48)59/h5-32H,1-4H3. The van der Waals surface area contributed by atoms with E-state index in [1.165, 1.54) is 71.6 Å². The largest absolute Gasteiger partial charge is 0.277 e. The normalized spacial score (nSPS) is 14.4. The smallest absolute Gasteiger partial charge is 0.238 e. The van der Waals surface area contributed by atoms with Crippen molar-refractivity contribution in [2.75, 3.05) is 0 Å². The summed E-state index contributed by atoms with van der Waals surface area (Å²) >= 11 is 0. The lowest BCUT2D eigenvalue weighted by molar-refractivity contribution is 0.660. The van der Waals surface area contributed by atoms with E-state index in [9.17, 15) is 0 Å². The lowest BCUT2D eigenvalue weighted by Gasteiger charge is -2.24. The van der Waals surface area contributed by atoms with Gasteiger partial charge in [-0.25, -0.2) is 4.98 Å². The van der Waals surface area contributed by atoms with E-state index < -0.39 is 0 Å². The third-order valence-electron chi connectivity index (χ3n) is 13.2. The van der Waals surface area contributed by atoms with E-state index in [4.69, 9.17) is 15.0 Å². The Kier molecular flexibility index (Phi) is 7.00. The van der Waals surface area contributed by atoms with Crippen molar-refractivity contribution in [1.29, 1.82) is 0 Å². The minimum Gasteiger partial charge on any atom is -0.277 e. The van der Waals surface area contributed by atoms with Gasteiger partial charge in [0.25, 0.3) is 0 Å². The topological polar surface area (TPSA) is 43.6 Å². The molecule has 2 heterocycles. The molecule has 0 fully saturated rings. The summed E-state index contributed by atoms with van der Waals surface area (Å²) in [4.78, 5) is 16.3. The van der Waals surface area contributed by atoms with E-state index in [0.717, 1.165) is 27.7 Å². The van der Waals surface area contributed by atoms with Crippen molar-refractivity contribution in [2.45, 2.75) is 38.5 Å². The molecule has 0 spiro atoms. The Hall–Kier alpha value is -7.17. The summed E-state index contributed by atoms with van der Waals surface area (Å²) in [6.07, 6.45) is 0. The van der Waals surface area contributed by atoms with E-state index in [1.807, 2.05) is 0 Å². The molecule has 2 aliphatic carbocycles. The Labute approximate surface area is 343 Å². The van der Waals surface area contributed by atoms with Gasteiger partial charge in [0.05, 0.1) is 11.0 Å². The second kappa shape index (κ2) is 12.2. The fraction of sp³-hybridized carbons (Fsp3) is 0.109. The Morgan fingerprint density at radius 3 is 1.71 bits per heavy atom. The summed E-state index contributed by atoms with van der Waals surface area (Å²) in [5.41, 5.74) is 16.4. The fourth-order valence-corrected chi connectivity index (χ4v) is 10.4. The first-order chi connectivity index (χ1) is 28.8. The number of hydrogen-bond acceptors (Lipinski definition) is 3. The van der Waals surface area contributed by atoms with Crippen LogP contribution in [0.2, 0.25) is 0 Å². The van der Waals surface area contributed by atoms with E-state index in [1.54, 1.807) is 0 Å². The molecule has 0 N–H and O–H groups in total. The number of rotatable bonds is 4. The molecule has 0 unspecified atom stereocenters. The highest BCUT2D eigenvalue weighted by Gasteiger charge is 2.41. The van der Waals surface area contributed by atoms with Gasteiger partial charge < -0.3 is 0 Å². The second-order valence-corrected chi connectivity index (χ2v) is 17.2. The van der Waals surface area contributed by atoms with Gasteiger partial charge >= 0.3 is 0 Å². The highest BCUT2D eigenvalue weighted by molar-refractivity contribution is 6.26. The molecular formula is C55H40N4. The molecule has 0 saturated carbocycles. The van der Waals surface area contributed by atoms with Gasteiger partial charge in [0.1, 0.15) is 0 Å². The molecule has 4 heteroatoms. The van der Waals surface area contributed by atoms with Crippen molar-refractivity contribution in [3.8, 4) is 62.1 Å². The monoisotopic (exact) mass is 756 g/mol. The predicted octanol–water partition coefficient (Wildman–Crippen LogP) is 13.7. The van der Waals surface area contributed by atoms with Crippen LogP contribution in [0.25, 0.3) is 94.7 Å². The van der Waals surface area contributed by atoms with Crippen molar-refractivity contribution < 1.29 is 0 Å². The van der Waals surface area contributed by atoms with Crippen LogP contribution in [0, 0.1) is 0 Å². The zero-order chi connectivity index (χ0) is 39.6. The van der Waals surface area contributed by atoms with Crippen LogP contribution in [0.15, 0.2) is 170 Å². The Morgan fingerprint density at radius 2 is 0.949 bits per heavy atom. The molecule has 12 rings (SSSR count). The van der Waals surface area contributed by atoms with E-state index in [-0.39, 0.29) is 10.8 Å². The van der Waals surface area contributed by atoms with Crippen molar-refractivity contribution in [3.05, 3.63) is 192 Å². The molecule has 0 atom stereocenters. The van der Waals surface area contributed by atoms with Crippen LogP contribution in [-0.4, -0.2) is 19.5 Å². The zero-order valence-electron chi connectivity index (χ0n) is 33.5. The number of nitrogens with zero attached hydrogens (tertiary/aromatic N) is 4. The summed E-state index contributed by atoms with van der Waals surface area (Å²) in [5, 5.41) is 4.91. The van der Waals surface area contributed by atoms with Crippen LogP contribution >= 0.6 is 0 Å². The highest BCUT2D eigenvalue weighted by Crippen LogP contribution is 2.56. The molecule has 2 aliphatic rings. The number of hydrogen-bond donors (Lipinski definition) is 0. The van der Waals surface area contributed by atoms with Gasteiger partial charge in [0.2, 0.25) is 5.95 Å². The van der Waals surface area contributed by atoms with Gasteiger partial charge in [-0.3, -0.25) is 4.57 Å². The average Bonchev–Trinajstić information content (AvgIpc) is 3.84. The average molecular weight is 757 g/mol. The SMILES string of the molecule is CC1(C)c2ccccc2-c2ccc(-c3nc(-c4ccc(-c5ccccc5)cc4)nc(-n4c5ccccc5c5c6ccccc6c6c(c54)C(C)(C)c4ccccc4-6)n3)cc21. The Bertz CT molecular complexity index is 3370. The second-order valence-electron chi connectivity index (χ2n) is 17.2. The maximum absolute atomic E-state index is 5.50. The number of para-hydroxylation sites is 1. The Morgan fingerprint density at radius 1 is 0.407 bits per heavy atom. The van der Waals surface area contributed by atoms with Gasteiger partial charge in [-0.15, -0.1) is 0 Å². The molecule has 0 radical (unpaired) electrons. The molecule has 8 aromatic carbocycles. The number of aromatic nitrogens is 4. The molecule has 59 heavy (non-hydrogen) atoms. The summed E-state index contributed by atoms with van der Waals surface area (Å²) in [5.74, 6) is 1.90. The van der Waals surface area contributed by atoms with Crippen LogP contribution < -0.4 is 0 Å². The number of benzene rings is 8. The minimum absolute atomic E-state index is 0.164. The molecular weight excluding hydrogens is 717 g/mol. The van der Waals surface area contributed by atoms with Crippen LogP contribution in [0.3, 0.4) is 0 Å². The van der Waals surface area contributed by atoms with Crippen LogP contribution in [-0.2, 0) is 10.8 Å². The summed E-state index contributed by atoms with van der Waals surface area (Å²) in [7, 11) is 0. The van der Waals surface area contributed by atoms with E-state index in [0.29, 0.717) is 17.6 Å². The molecule has 0 aliphatic heterocycles. The van der Waals surface area contributed by atoms with Crippen molar-refractivity contribution in [2.24, 2.45) is 0 Å². The van der Waals surface area contributed by atoms with Gasteiger partial charge in [-0.05, 0) is 78.5 Å². The first-order valence-corrected chi connectivity index (χ1v) is 20.5. The third kappa shape index (κ3) is 4.74. The molecule has 280 valence electrons. The molecule has 2 aromatic heterocycles. The number of fused-ring (bicyclic) bond motifs is 13. The molecule has 0 saturated heterocycles. The highest BCUT2D eigenvalue weighted by atomic mass is 15.2. The van der Waals surface area contributed by atoms with Crippen molar-refractivity contribution in [1.82, 2.24) is 19.5 Å². The first kappa shape index (κ1) is 33.9. The van der Waals surface area contributed by atoms with Crippen LogP contribution in [0.1, 0.15) is 49.9 Å². The van der Waals surface area contributed by atoms with Gasteiger partial charge in [-0.1, -0.05) is 185 Å². The predicted molar refractivity (Wildman–Crippen MR) is 243 cm³/mol. The third-order valence-corrected chi connectivity index (χ3v) is 13.2. The van der Waals surface area contributed by atoms with Gasteiger partial charge in [-0.2, -0.15) is 9.97 Å². The minimum atomic E-state index is -0.285. The van der Waals surface area contributed by atoms with E-state index in [2.05, 4.69) is 202 Å².